The number of aryl methyl sites for hydroxylation is 1. The molecule has 1 heterocycles. The fraction of sp³-hybridized carbons (Fsp3) is 0.769. The summed E-state index contributed by atoms with van der Waals surface area (Å²) in [4.78, 5) is 0. The zero-order valence-electron chi connectivity index (χ0n) is 10.9. The summed E-state index contributed by atoms with van der Waals surface area (Å²) >= 11 is 0. The van der Waals surface area contributed by atoms with E-state index in [9.17, 15) is 0 Å². The van der Waals surface area contributed by atoms with Gasteiger partial charge in [0.1, 0.15) is 0 Å². The molecule has 1 fully saturated rings. The van der Waals surface area contributed by atoms with E-state index in [2.05, 4.69) is 17.3 Å². The third kappa shape index (κ3) is 3.14. The zero-order valence-corrected chi connectivity index (χ0v) is 10.9. The Morgan fingerprint density at radius 2 is 2.12 bits per heavy atom. The summed E-state index contributed by atoms with van der Waals surface area (Å²) in [5, 5.41) is 7.82. The fourth-order valence-corrected chi connectivity index (χ4v) is 2.82. The number of hydrogen-bond donors (Lipinski definition) is 2. The molecule has 1 aromatic rings. The molecule has 0 amide bonds. The lowest BCUT2D eigenvalue weighted by Gasteiger charge is -2.29. The summed E-state index contributed by atoms with van der Waals surface area (Å²) in [7, 11) is 1.90. The maximum Gasteiger partial charge on any atom is 0.171 e. The Hall–Kier alpha value is -1.19. The number of anilines is 2. The van der Waals surface area contributed by atoms with Crippen LogP contribution in [0.2, 0.25) is 0 Å². The van der Waals surface area contributed by atoms with Gasteiger partial charge in [-0.05, 0) is 31.6 Å². The van der Waals surface area contributed by atoms with Gasteiger partial charge in [0.05, 0.1) is 5.69 Å². The smallest absolute Gasteiger partial charge is 0.171 e. The van der Waals surface area contributed by atoms with E-state index >= 15 is 0 Å². The van der Waals surface area contributed by atoms with E-state index in [0.29, 0.717) is 6.04 Å². The highest BCUT2D eigenvalue weighted by atomic mass is 15.3. The van der Waals surface area contributed by atoms with Crippen molar-refractivity contribution in [2.24, 2.45) is 13.0 Å². The van der Waals surface area contributed by atoms with Gasteiger partial charge in [0, 0.05) is 19.3 Å². The second-order valence-corrected chi connectivity index (χ2v) is 5.26. The summed E-state index contributed by atoms with van der Waals surface area (Å²) in [5.41, 5.74) is 6.64. The van der Waals surface area contributed by atoms with Crippen molar-refractivity contribution in [2.75, 3.05) is 11.1 Å². The maximum absolute atomic E-state index is 5.89. The standard InChI is InChI=1S/C13H24N4/c1-3-4-10-5-7-11(8-6-10)15-13-12(14)9-17(2)16-13/h9-11H,3-8,14H2,1-2H3,(H,15,16). The van der Waals surface area contributed by atoms with Crippen molar-refractivity contribution >= 4 is 11.5 Å². The SMILES string of the molecule is CCCC1CCC(Nc2nn(C)cc2N)CC1. The van der Waals surface area contributed by atoms with Crippen molar-refractivity contribution in [3.63, 3.8) is 0 Å². The molecule has 1 aromatic heterocycles. The Balaban J connectivity index is 1.84. The zero-order chi connectivity index (χ0) is 12.3. The monoisotopic (exact) mass is 236 g/mol. The van der Waals surface area contributed by atoms with Crippen LogP contribution in [0, 0.1) is 5.92 Å². The lowest BCUT2D eigenvalue weighted by atomic mass is 9.83. The number of rotatable bonds is 4. The highest BCUT2D eigenvalue weighted by Crippen LogP contribution is 2.30. The largest absolute Gasteiger partial charge is 0.394 e. The maximum atomic E-state index is 5.89. The highest BCUT2D eigenvalue weighted by Gasteiger charge is 2.21. The van der Waals surface area contributed by atoms with Crippen molar-refractivity contribution < 1.29 is 0 Å². The normalized spacial score (nSPS) is 24.8. The number of nitrogens with zero attached hydrogens (tertiary/aromatic N) is 2. The molecule has 0 saturated heterocycles. The lowest BCUT2D eigenvalue weighted by Crippen LogP contribution is -2.26. The minimum atomic E-state index is 0.556. The number of nitrogens with two attached hydrogens (primary N) is 1. The summed E-state index contributed by atoms with van der Waals surface area (Å²) in [6, 6.07) is 0.556. The topological polar surface area (TPSA) is 55.9 Å². The third-order valence-electron chi connectivity index (χ3n) is 3.74. The van der Waals surface area contributed by atoms with E-state index in [4.69, 9.17) is 5.73 Å². The van der Waals surface area contributed by atoms with E-state index < -0.39 is 0 Å². The quantitative estimate of drug-likeness (QED) is 0.845. The van der Waals surface area contributed by atoms with Crippen LogP contribution < -0.4 is 11.1 Å². The van der Waals surface area contributed by atoms with Crippen molar-refractivity contribution in [2.45, 2.75) is 51.5 Å². The van der Waals surface area contributed by atoms with Gasteiger partial charge in [0.15, 0.2) is 5.82 Å². The minimum absolute atomic E-state index is 0.556. The van der Waals surface area contributed by atoms with E-state index in [1.807, 2.05) is 13.2 Å². The predicted octanol–water partition coefficient (Wildman–Crippen LogP) is 2.77. The first-order valence-corrected chi connectivity index (χ1v) is 6.74. The van der Waals surface area contributed by atoms with Crippen LogP contribution in [0.1, 0.15) is 45.4 Å². The van der Waals surface area contributed by atoms with Crippen LogP contribution in [0.4, 0.5) is 11.5 Å². The molecule has 0 radical (unpaired) electrons. The molecule has 96 valence electrons. The molecule has 0 aliphatic heterocycles. The van der Waals surface area contributed by atoms with Crippen LogP contribution in [0.15, 0.2) is 6.20 Å². The van der Waals surface area contributed by atoms with Gasteiger partial charge < -0.3 is 11.1 Å². The summed E-state index contributed by atoms with van der Waals surface area (Å²) in [6.07, 6.45) is 9.75. The molecule has 1 aliphatic rings. The van der Waals surface area contributed by atoms with Crippen LogP contribution in [0.3, 0.4) is 0 Å². The van der Waals surface area contributed by atoms with E-state index in [1.54, 1.807) is 4.68 Å². The first-order chi connectivity index (χ1) is 8.19. The molecular formula is C13H24N4. The van der Waals surface area contributed by atoms with E-state index in [0.717, 1.165) is 17.4 Å². The van der Waals surface area contributed by atoms with Crippen LogP contribution in [-0.2, 0) is 7.05 Å². The molecule has 17 heavy (non-hydrogen) atoms. The van der Waals surface area contributed by atoms with Gasteiger partial charge in [-0.25, -0.2) is 0 Å². The number of nitrogen functional groups attached to an aromatic ring is 1. The van der Waals surface area contributed by atoms with Crippen molar-refractivity contribution in [1.29, 1.82) is 0 Å². The molecule has 0 atom stereocenters. The van der Waals surface area contributed by atoms with Crippen molar-refractivity contribution in [3.05, 3.63) is 6.20 Å². The molecule has 4 nitrogen and oxygen atoms in total. The summed E-state index contributed by atoms with van der Waals surface area (Å²) in [5.74, 6) is 1.80. The van der Waals surface area contributed by atoms with Gasteiger partial charge in [-0.1, -0.05) is 19.8 Å². The Morgan fingerprint density at radius 3 is 2.65 bits per heavy atom. The number of nitrogens with one attached hydrogen (secondary N) is 1. The summed E-state index contributed by atoms with van der Waals surface area (Å²) < 4.78 is 1.76. The van der Waals surface area contributed by atoms with E-state index in [1.165, 1.54) is 38.5 Å². The molecular weight excluding hydrogens is 212 g/mol. The van der Waals surface area contributed by atoms with E-state index in [-0.39, 0.29) is 0 Å². The lowest BCUT2D eigenvalue weighted by molar-refractivity contribution is 0.318. The molecule has 0 aromatic carbocycles. The molecule has 1 aliphatic carbocycles. The average Bonchev–Trinajstić information content (AvgIpc) is 2.61. The molecule has 0 spiro atoms. The minimum Gasteiger partial charge on any atom is -0.394 e. The van der Waals surface area contributed by atoms with Crippen LogP contribution in [0.5, 0.6) is 0 Å². The van der Waals surface area contributed by atoms with Crippen LogP contribution in [-0.4, -0.2) is 15.8 Å². The van der Waals surface area contributed by atoms with Gasteiger partial charge in [0.2, 0.25) is 0 Å². The third-order valence-corrected chi connectivity index (χ3v) is 3.74. The first-order valence-electron chi connectivity index (χ1n) is 6.74. The molecule has 2 rings (SSSR count). The van der Waals surface area contributed by atoms with Gasteiger partial charge in [0.25, 0.3) is 0 Å². The van der Waals surface area contributed by atoms with Gasteiger partial charge in [-0.2, -0.15) is 5.10 Å². The number of aromatic nitrogens is 2. The Labute approximate surface area is 104 Å². The molecule has 4 heteroatoms. The van der Waals surface area contributed by atoms with Crippen LogP contribution >= 0.6 is 0 Å². The van der Waals surface area contributed by atoms with Gasteiger partial charge in [-0.3, -0.25) is 4.68 Å². The van der Waals surface area contributed by atoms with Crippen molar-refractivity contribution in [3.8, 4) is 0 Å². The van der Waals surface area contributed by atoms with Crippen LogP contribution in [0.25, 0.3) is 0 Å². The van der Waals surface area contributed by atoms with Crippen molar-refractivity contribution in [1.82, 2.24) is 9.78 Å². The first kappa shape index (κ1) is 12.3. The average molecular weight is 236 g/mol. The second-order valence-electron chi connectivity index (χ2n) is 5.26. The molecule has 3 N–H and O–H groups in total. The molecule has 0 bridgehead atoms. The molecule has 0 unspecified atom stereocenters. The highest BCUT2D eigenvalue weighted by molar-refractivity contribution is 5.60. The Bertz CT molecular complexity index is 350. The fourth-order valence-electron chi connectivity index (χ4n) is 2.82. The summed E-state index contributed by atoms with van der Waals surface area (Å²) in [6.45, 7) is 2.28. The van der Waals surface area contributed by atoms with Gasteiger partial charge in [-0.15, -0.1) is 0 Å². The number of hydrogen-bond acceptors (Lipinski definition) is 3. The Kier molecular flexibility index (Phi) is 3.92. The Morgan fingerprint density at radius 1 is 1.41 bits per heavy atom. The predicted molar refractivity (Wildman–Crippen MR) is 71.9 cm³/mol. The second kappa shape index (κ2) is 5.43. The molecule has 1 saturated carbocycles. The van der Waals surface area contributed by atoms with Gasteiger partial charge >= 0.3 is 0 Å².